The Kier molecular flexibility index (Phi) is 3.18. The number of anilines is 1. The van der Waals surface area contributed by atoms with Crippen LogP contribution in [0.15, 0.2) is 36.5 Å². The van der Waals surface area contributed by atoms with E-state index >= 15 is 0 Å². The number of thioether (sulfide) groups is 1. The monoisotopic (exact) mass is 244 g/mol. The Balaban J connectivity index is 1.89. The molecule has 3 rings (SSSR count). The molecule has 0 atom stereocenters. The number of hydrogen-bond acceptors (Lipinski definition) is 3. The third-order valence-corrected chi connectivity index (χ3v) is 4.28. The van der Waals surface area contributed by atoms with Gasteiger partial charge in [0.15, 0.2) is 0 Å². The summed E-state index contributed by atoms with van der Waals surface area (Å²) in [5.41, 5.74) is 0. The first kappa shape index (κ1) is 10.9. The smallest absolute Gasteiger partial charge is 0.134 e. The van der Waals surface area contributed by atoms with Gasteiger partial charge in [0.05, 0.1) is 0 Å². The molecule has 1 fully saturated rings. The molecule has 1 aromatic heterocycles. The van der Waals surface area contributed by atoms with Gasteiger partial charge in [0, 0.05) is 17.6 Å². The standard InChI is InChI=1S/C14H16N2S/c1-2-4-13-11(3-1)5-8-15-14(13)16-12-6-9-17-10-7-12/h1-5,8,12H,6-7,9-10H2,(H,15,16). The summed E-state index contributed by atoms with van der Waals surface area (Å²) in [5.74, 6) is 3.57. The second kappa shape index (κ2) is 4.96. The van der Waals surface area contributed by atoms with E-state index in [0.717, 1.165) is 5.82 Å². The molecule has 1 aliphatic rings. The molecule has 3 heteroatoms. The number of nitrogens with zero attached hydrogens (tertiary/aromatic N) is 1. The number of benzene rings is 1. The van der Waals surface area contributed by atoms with E-state index in [1.54, 1.807) is 0 Å². The summed E-state index contributed by atoms with van der Waals surface area (Å²) in [4.78, 5) is 4.48. The van der Waals surface area contributed by atoms with Crippen LogP contribution in [0.1, 0.15) is 12.8 Å². The highest BCUT2D eigenvalue weighted by molar-refractivity contribution is 7.99. The molecule has 0 unspecified atom stereocenters. The SMILES string of the molecule is c1ccc2c(NC3CCSCC3)nccc2c1. The Bertz CT molecular complexity index is 501. The molecular weight excluding hydrogens is 228 g/mol. The van der Waals surface area contributed by atoms with E-state index < -0.39 is 0 Å². The second-order valence-electron chi connectivity index (χ2n) is 4.41. The van der Waals surface area contributed by atoms with Gasteiger partial charge in [-0.3, -0.25) is 0 Å². The quantitative estimate of drug-likeness (QED) is 0.874. The third kappa shape index (κ3) is 2.39. The van der Waals surface area contributed by atoms with Crippen LogP contribution in [0.25, 0.3) is 10.8 Å². The van der Waals surface area contributed by atoms with Crippen molar-refractivity contribution in [2.24, 2.45) is 0 Å². The maximum Gasteiger partial charge on any atom is 0.134 e. The van der Waals surface area contributed by atoms with Gasteiger partial charge in [0.25, 0.3) is 0 Å². The Labute approximate surface area is 106 Å². The predicted molar refractivity (Wildman–Crippen MR) is 75.7 cm³/mol. The highest BCUT2D eigenvalue weighted by atomic mass is 32.2. The Morgan fingerprint density at radius 1 is 1.12 bits per heavy atom. The van der Waals surface area contributed by atoms with Crippen LogP contribution in [-0.2, 0) is 0 Å². The van der Waals surface area contributed by atoms with Crippen LogP contribution in [-0.4, -0.2) is 22.5 Å². The molecule has 17 heavy (non-hydrogen) atoms. The average molecular weight is 244 g/mol. The molecule has 2 heterocycles. The van der Waals surface area contributed by atoms with E-state index in [9.17, 15) is 0 Å². The van der Waals surface area contributed by atoms with Gasteiger partial charge in [0.1, 0.15) is 5.82 Å². The molecule has 2 aromatic rings. The van der Waals surface area contributed by atoms with Gasteiger partial charge in [-0.2, -0.15) is 11.8 Å². The molecule has 1 saturated heterocycles. The average Bonchev–Trinajstić information content (AvgIpc) is 2.40. The number of rotatable bonds is 2. The number of nitrogens with one attached hydrogen (secondary N) is 1. The number of aromatic nitrogens is 1. The van der Waals surface area contributed by atoms with Crippen molar-refractivity contribution in [3.63, 3.8) is 0 Å². The minimum atomic E-state index is 0.592. The van der Waals surface area contributed by atoms with Gasteiger partial charge in [-0.1, -0.05) is 24.3 Å². The lowest BCUT2D eigenvalue weighted by atomic mass is 10.1. The molecule has 1 N–H and O–H groups in total. The van der Waals surface area contributed by atoms with Crippen molar-refractivity contribution in [2.45, 2.75) is 18.9 Å². The Morgan fingerprint density at radius 3 is 2.82 bits per heavy atom. The Hall–Kier alpha value is -1.22. The van der Waals surface area contributed by atoms with Crippen molar-refractivity contribution >= 4 is 28.4 Å². The minimum Gasteiger partial charge on any atom is -0.367 e. The highest BCUT2D eigenvalue weighted by Gasteiger charge is 2.14. The number of hydrogen-bond donors (Lipinski definition) is 1. The molecule has 0 amide bonds. The summed E-state index contributed by atoms with van der Waals surface area (Å²) in [5, 5.41) is 6.09. The van der Waals surface area contributed by atoms with Crippen LogP contribution in [0.5, 0.6) is 0 Å². The van der Waals surface area contributed by atoms with Crippen LogP contribution in [0.2, 0.25) is 0 Å². The van der Waals surface area contributed by atoms with Crippen molar-refractivity contribution < 1.29 is 0 Å². The largest absolute Gasteiger partial charge is 0.367 e. The summed E-state index contributed by atoms with van der Waals surface area (Å²) < 4.78 is 0. The predicted octanol–water partition coefficient (Wildman–Crippen LogP) is 3.54. The van der Waals surface area contributed by atoms with Crippen LogP contribution in [0.4, 0.5) is 5.82 Å². The van der Waals surface area contributed by atoms with Crippen molar-refractivity contribution in [3.05, 3.63) is 36.5 Å². The van der Waals surface area contributed by atoms with Gasteiger partial charge in [-0.05, 0) is 35.8 Å². The van der Waals surface area contributed by atoms with E-state index in [0.29, 0.717) is 6.04 Å². The maximum absolute atomic E-state index is 4.48. The van der Waals surface area contributed by atoms with Crippen LogP contribution >= 0.6 is 11.8 Å². The molecule has 0 radical (unpaired) electrons. The van der Waals surface area contributed by atoms with Crippen molar-refractivity contribution in [3.8, 4) is 0 Å². The number of pyridine rings is 1. The van der Waals surface area contributed by atoms with E-state index in [2.05, 4.69) is 52.4 Å². The molecule has 1 aliphatic heterocycles. The summed E-state index contributed by atoms with van der Waals surface area (Å²) in [6.45, 7) is 0. The molecule has 2 nitrogen and oxygen atoms in total. The van der Waals surface area contributed by atoms with Crippen molar-refractivity contribution in [1.29, 1.82) is 0 Å². The summed E-state index contributed by atoms with van der Waals surface area (Å²) in [7, 11) is 0. The molecule has 0 spiro atoms. The lowest BCUT2D eigenvalue weighted by molar-refractivity contribution is 0.665. The topological polar surface area (TPSA) is 24.9 Å². The zero-order valence-electron chi connectivity index (χ0n) is 9.73. The van der Waals surface area contributed by atoms with Crippen LogP contribution in [0, 0.1) is 0 Å². The van der Waals surface area contributed by atoms with Gasteiger partial charge < -0.3 is 5.32 Å². The molecular formula is C14H16N2S. The fourth-order valence-corrected chi connectivity index (χ4v) is 3.38. The van der Waals surface area contributed by atoms with Crippen molar-refractivity contribution in [1.82, 2.24) is 4.98 Å². The third-order valence-electron chi connectivity index (χ3n) is 3.24. The van der Waals surface area contributed by atoms with Gasteiger partial charge in [-0.25, -0.2) is 4.98 Å². The lowest BCUT2D eigenvalue weighted by Crippen LogP contribution is -2.25. The summed E-state index contributed by atoms with van der Waals surface area (Å²) >= 11 is 2.05. The van der Waals surface area contributed by atoms with Crippen LogP contribution < -0.4 is 5.32 Å². The summed E-state index contributed by atoms with van der Waals surface area (Å²) in [6.07, 6.45) is 4.38. The van der Waals surface area contributed by atoms with Gasteiger partial charge in [-0.15, -0.1) is 0 Å². The van der Waals surface area contributed by atoms with Gasteiger partial charge >= 0.3 is 0 Å². The zero-order chi connectivity index (χ0) is 11.5. The Morgan fingerprint density at radius 2 is 1.94 bits per heavy atom. The maximum atomic E-state index is 4.48. The fourth-order valence-electron chi connectivity index (χ4n) is 2.27. The first-order valence-corrected chi connectivity index (χ1v) is 7.27. The zero-order valence-corrected chi connectivity index (χ0v) is 10.5. The normalized spacial score (nSPS) is 17.2. The fraction of sp³-hybridized carbons (Fsp3) is 0.357. The molecule has 0 aliphatic carbocycles. The van der Waals surface area contributed by atoms with E-state index in [-0.39, 0.29) is 0 Å². The molecule has 0 bridgehead atoms. The van der Waals surface area contributed by atoms with E-state index in [4.69, 9.17) is 0 Å². The minimum absolute atomic E-state index is 0.592. The molecule has 88 valence electrons. The van der Waals surface area contributed by atoms with E-state index in [1.807, 2.05) is 6.20 Å². The lowest BCUT2D eigenvalue weighted by Gasteiger charge is -2.23. The first-order valence-electron chi connectivity index (χ1n) is 6.11. The summed E-state index contributed by atoms with van der Waals surface area (Å²) in [6, 6.07) is 11.1. The first-order chi connectivity index (χ1) is 8.43. The highest BCUT2D eigenvalue weighted by Crippen LogP contribution is 2.24. The van der Waals surface area contributed by atoms with Gasteiger partial charge in [0.2, 0.25) is 0 Å². The second-order valence-corrected chi connectivity index (χ2v) is 5.64. The van der Waals surface area contributed by atoms with E-state index in [1.165, 1.54) is 35.1 Å². The number of fused-ring (bicyclic) bond motifs is 1. The van der Waals surface area contributed by atoms with Crippen LogP contribution in [0.3, 0.4) is 0 Å². The molecule has 0 saturated carbocycles. The molecule has 1 aromatic carbocycles. The van der Waals surface area contributed by atoms with Crippen molar-refractivity contribution in [2.75, 3.05) is 16.8 Å².